The third-order valence-electron chi connectivity index (χ3n) is 0.666. The summed E-state index contributed by atoms with van der Waals surface area (Å²) >= 11 is 1.56. The van der Waals surface area contributed by atoms with Gasteiger partial charge in [-0.15, -0.1) is 11.3 Å². The van der Waals surface area contributed by atoms with Crippen LogP contribution in [0.4, 0.5) is 3.89 Å². The Hall–Kier alpha value is -0.0900. The van der Waals surface area contributed by atoms with E-state index in [9.17, 15) is 3.89 Å². The van der Waals surface area contributed by atoms with E-state index in [2.05, 4.69) is 4.98 Å². The summed E-state index contributed by atoms with van der Waals surface area (Å²) in [6.45, 7) is 1.90. The number of aryl methyl sites for hydroxylation is 1. The van der Waals surface area contributed by atoms with Crippen LogP contribution < -0.4 is 0 Å². The first-order chi connectivity index (χ1) is 3.83. The van der Waals surface area contributed by atoms with Crippen LogP contribution in [-0.4, -0.2) is 4.98 Å². The minimum Gasteiger partial charge on any atom is -0.236 e. The largest absolute Gasteiger partial charge is 0.236 e. The van der Waals surface area contributed by atoms with Crippen molar-refractivity contribution in [2.45, 2.75) is 11.3 Å². The zero-order valence-electron chi connectivity index (χ0n) is 4.22. The minimum atomic E-state index is 0.197. The van der Waals surface area contributed by atoms with E-state index >= 15 is 0 Å². The average Bonchev–Trinajstić information content (AvgIpc) is 2.14. The third kappa shape index (κ3) is 1.20. The SMILES string of the molecule is Cc1cnc(SF)s1. The molecule has 1 heterocycles. The highest BCUT2D eigenvalue weighted by atomic mass is 32.2. The molecule has 1 rings (SSSR count). The quantitative estimate of drug-likeness (QED) is 0.608. The van der Waals surface area contributed by atoms with Gasteiger partial charge in [0.1, 0.15) is 12.1 Å². The number of halogens is 1. The highest BCUT2D eigenvalue weighted by Gasteiger charge is 1.95. The van der Waals surface area contributed by atoms with E-state index in [0.717, 1.165) is 4.88 Å². The molecule has 0 aliphatic heterocycles. The summed E-state index contributed by atoms with van der Waals surface area (Å²) in [5, 5.41) is 0. The molecule has 0 spiro atoms. The third-order valence-corrected chi connectivity index (χ3v) is 2.05. The second kappa shape index (κ2) is 2.46. The smallest absolute Gasteiger partial charge is 0.182 e. The maximum atomic E-state index is 11.6. The molecule has 0 N–H and O–H groups in total. The maximum absolute atomic E-state index is 11.6. The molecule has 0 aliphatic carbocycles. The van der Waals surface area contributed by atoms with Crippen molar-refractivity contribution in [2.24, 2.45) is 0 Å². The van der Waals surface area contributed by atoms with Crippen LogP contribution in [-0.2, 0) is 0 Å². The molecule has 44 valence electrons. The Balaban J connectivity index is 2.84. The molecule has 8 heavy (non-hydrogen) atoms. The molecule has 1 aromatic rings. The molecule has 0 unspecified atom stereocenters. The van der Waals surface area contributed by atoms with Crippen molar-refractivity contribution in [1.29, 1.82) is 0 Å². The van der Waals surface area contributed by atoms with Gasteiger partial charge in [0.25, 0.3) is 0 Å². The number of aromatic nitrogens is 1. The predicted molar refractivity (Wildman–Crippen MR) is 33.8 cm³/mol. The summed E-state index contributed by atoms with van der Waals surface area (Å²) < 4.78 is 12.1. The Bertz CT molecular complexity index is 174. The van der Waals surface area contributed by atoms with Crippen LogP contribution in [0.5, 0.6) is 0 Å². The number of rotatable bonds is 1. The van der Waals surface area contributed by atoms with Gasteiger partial charge in [-0.25, -0.2) is 4.98 Å². The van der Waals surface area contributed by atoms with Gasteiger partial charge >= 0.3 is 0 Å². The lowest BCUT2D eigenvalue weighted by molar-refractivity contribution is 0.930. The van der Waals surface area contributed by atoms with Crippen molar-refractivity contribution in [3.8, 4) is 0 Å². The highest BCUT2D eigenvalue weighted by Crippen LogP contribution is 2.23. The first kappa shape index (κ1) is 6.04. The van der Waals surface area contributed by atoms with Gasteiger partial charge in [-0.05, 0) is 6.92 Å². The second-order valence-corrected chi connectivity index (χ2v) is 3.35. The molecule has 0 saturated heterocycles. The van der Waals surface area contributed by atoms with Gasteiger partial charge in [0.2, 0.25) is 0 Å². The lowest BCUT2D eigenvalue weighted by atomic mass is 10.7. The Morgan fingerprint density at radius 2 is 2.62 bits per heavy atom. The van der Waals surface area contributed by atoms with Crippen LogP contribution in [0, 0.1) is 6.92 Å². The van der Waals surface area contributed by atoms with E-state index in [4.69, 9.17) is 0 Å². The molecule has 0 bridgehead atoms. The lowest BCUT2D eigenvalue weighted by Gasteiger charge is -1.73. The Morgan fingerprint density at radius 3 is 2.88 bits per heavy atom. The van der Waals surface area contributed by atoms with Gasteiger partial charge < -0.3 is 0 Å². The molecule has 0 aliphatic rings. The van der Waals surface area contributed by atoms with Gasteiger partial charge in [0, 0.05) is 11.1 Å². The zero-order chi connectivity index (χ0) is 5.98. The van der Waals surface area contributed by atoms with Crippen molar-refractivity contribution < 1.29 is 3.89 Å². The topological polar surface area (TPSA) is 12.9 Å². The van der Waals surface area contributed by atoms with Gasteiger partial charge in [0.05, 0.1) is 0 Å². The summed E-state index contributed by atoms with van der Waals surface area (Å²) in [6, 6.07) is 0. The van der Waals surface area contributed by atoms with Crippen LogP contribution in [0.25, 0.3) is 0 Å². The average molecular weight is 149 g/mol. The minimum absolute atomic E-state index is 0.197. The first-order valence-corrected chi connectivity index (χ1v) is 3.57. The molecule has 0 radical (unpaired) electrons. The van der Waals surface area contributed by atoms with E-state index in [1.807, 2.05) is 6.92 Å². The van der Waals surface area contributed by atoms with E-state index in [0.29, 0.717) is 4.34 Å². The first-order valence-electron chi connectivity index (χ1n) is 2.04. The lowest BCUT2D eigenvalue weighted by Crippen LogP contribution is -1.55. The predicted octanol–water partition coefficient (Wildman–Crippen LogP) is 2.43. The van der Waals surface area contributed by atoms with E-state index < -0.39 is 0 Å². The fourth-order valence-corrected chi connectivity index (χ4v) is 1.47. The van der Waals surface area contributed by atoms with Crippen LogP contribution in [0.3, 0.4) is 0 Å². The molecule has 1 aromatic heterocycles. The van der Waals surface area contributed by atoms with Gasteiger partial charge in [0.15, 0.2) is 4.34 Å². The number of nitrogens with zero attached hydrogens (tertiary/aromatic N) is 1. The Morgan fingerprint density at radius 1 is 1.88 bits per heavy atom. The summed E-state index contributed by atoms with van der Waals surface area (Å²) in [4.78, 5) is 4.79. The van der Waals surface area contributed by atoms with Crippen LogP contribution >= 0.6 is 23.5 Å². The molecular weight excluding hydrogens is 145 g/mol. The number of hydrogen-bond donors (Lipinski definition) is 0. The maximum Gasteiger partial charge on any atom is 0.182 e. The fraction of sp³-hybridized carbons (Fsp3) is 0.250. The summed E-state index contributed by atoms with van der Waals surface area (Å²) in [5.74, 6) is 0. The molecule has 0 atom stereocenters. The van der Waals surface area contributed by atoms with E-state index in [1.54, 1.807) is 6.20 Å². The van der Waals surface area contributed by atoms with Crippen LogP contribution in [0.2, 0.25) is 0 Å². The summed E-state index contributed by atoms with van der Waals surface area (Å²) in [5.41, 5.74) is 0. The molecular formula is C4H4FNS2. The fourth-order valence-electron chi connectivity index (χ4n) is 0.370. The molecule has 4 heteroatoms. The van der Waals surface area contributed by atoms with E-state index in [1.165, 1.54) is 11.3 Å². The van der Waals surface area contributed by atoms with Gasteiger partial charge in [-0.2, -0.15) is 3.89 Å². The van der Waals surface area contributed by atoms with Gasteiger partial charge in [-0.1, -0.05) is 0 Å². The molecule has 1 nitrogen and oxygen atoms in total. The van der Waals surface area contributed by atoms with E-state index in [-0.39, 0.29) is 12.1 Å². The van der Waals surface area contributed by atoms with Crippen molar-refractivity contribution in [3.63, 3.8) is 0 Å². The number of hydrogen-bond acceptors (Lipinski definition) is 3. The van der Waals surface area contributed by atoms with Crippen LogP contribution in [0.1, 0.15) is 4.88 Å². The standard InChI is InChI=1S/C4H4FNS2/c1-3-2-6-4(7-3)8-5/h2H,1H3. The van der Waals surface area contributed by atoms with Crippen molar-refractivity contribution in [3.05, 3.63) is 11.1 Å². The second-order valence-electron chi connectivity index (χ2n) is 1.31. The van der Waals surface area contributed by atoms with Gasteiger partial charge in [-0.3, -0.25) is 0 Å². The van der Waals surface area contributed by atoms with Crippen molar-refractivity contribution in [1.82, 2.24) is 4.98 Å². The number of thiazole rings is 1. The van der Waals surface area contributed by atoms with Crippen LogP contribution in [0.15, 0.2) is 10.5 Å². The molecule has 0 saturated carbocycles. The Kier molecular flexibility index (Phi) is 1.85. The molecule has 0 amide bonds. The zero-order valence-corrected chi connectivity index (χ0v) is 5.85. The Labute approximate surface area is 55.2 Å². The van der Waals surface area contributed by atoms with Crippen molar-refractivity contribution >= 4 is 23.5 Å². The summed E-state index contributed by atoms with van der Waals surface area (Å²) in [7, 11) is 0. The monoisotopic (exact) mass is 149 g/mol. The highest BCUT2D eigenvalue weighted by molar-refractivity contribution is 7.96. The molecule has 0 aromatic carbocycles. The van der Waals surface area contributed by atoms with Crippen molar-refractivity contribution in [2.75, 3.05) is 0 Å². The summed E-state index contributed by atoms with van der Waals surface area (Å²) in [6.07, 6.45) is 1.66. The molecule has 0 fully saturated rings. The normalized spacial score (nSPS) is 9.75.